The van der Waals surface area contributed by atoms with Gasteiger partial charge in [-0.15, -0.1) is 0 Å². The van der Waals surface area contributed by atoms with E-state index in [2.05, 4.69) is 0 Å². The Morgan fingerprint density at radius 3 is 2.67 bits per heavy atom. The first-order valence-corrected chi connectivity index (χ1v) is 9.08. The fraction of sp³-hybridized carbons (Fsp3) is 0.174. The summed E-state index contributed by atoms with van der Waals surface area (Å²) >= 11 is 0. The van der Waals surface area contributed by atoms with Gasteiger partial charge in [0.25, 0.3) is 5.56 Å². The van der Waals surface area contributed by atoms with E-state index < -0.39 is 0 Å². The molecule has 134 valence electrons. The van der Waals surface area contributed by atoms with Gasteiger partial charge in [0, 0.05) is 22.9 Å². The largest absolute Gasteiger partial charge is 0.489 e. The Bertz CT molecular complexity index is 1110. The van der Waals surface area contributed by atoms with Crippen molar-refractivity contribution in [3.05, 3.63) is 99.0 Å². The number of hydrogen-bond donors (Lipinski definition) is 0. The quantitative estimate of drug-likeness (QED) is 0.693. The van der Waals surface area contributed by atoms with E-state index in [0.29, 0.717) is 24.5 Å². The third-order valence-electron chi connectivity index (χ3n) is 5.20. The molecule has 1 aromatic heterocycles. The molecule has 5 rings (SSSR count). The zero-order valence-corrected chi connectivity index (χ0v) is 15.0. The molecule has 0 N–H and O–H groups in total. The Morgan fingerprint density at radius 2 is 1.81 bits per heavy atom. The summed E-state index contributed by atoms with van der Waals surface area (Å²) in [7, 11) is 0. The summed E-state index contributed by atoms with van der Waals surface area (Å²) in [4.78, 5) is 13.2. The number of ether oxygens (including phenoxy) is 2. The number of pyridine rings is 1. The van der Waals surface area contributed by atoms with Gasteiger partial charge in [-0.3, -0.25) is 4.79 Å². The molecule has 3 heterocycles. The van der Waals surface area contributed by atoms with Crippen LogP contribution in [0.15, 0.2) is 71.0 Å². The van der Waals surface area contributed by atoms with Crippen LogP contribution in [0.2, 0.25) is 0 Å². The normalized spacial score (nSPS) is 16.9. The van der Waals surface area contributed by atoms with Gasteiger partial charge in [0.05, 0.1) is 12.1 Å². The Balaban J connectivity index is 1.59. The number of aromatic nitrogens is 1. The van der Waals surface area contributed by atoms with Gasteiger partial charge in [0.15, 0.2) is 6.10 Å². The van der Waals surface area contributed by atoms with Crippen LogP contribution in [-0.4, -0.2) is 11.2 Å². The second kappa shape index (κ2) is 6.16. The first kappa shape index (κ1) is 15.9. The molecule has 0 saturated carbocycles. The average molecular weight is 357 g/mol. The predicted octanol–water partition coefficient (Wildman–Crippen LogP) is 4.11. The van der Waals surface area contributed by atoms with Gasteiger partial charge in [0.1, 0.15) is 18.1 Å². The second-order valence-corrected chi connectivity index (χ2v) is 6.98. The van der Waals surface area contributed by atoms with Crippen LogP contribution in [0.25, 0.3) is 6.08 Å². The summed E-state index contributed by atoms with van der Waals surface area (Å²) < 4.78 is 13.9. The molecule has 3 aromatic rings. The lowest BCUT2D eigenvalue weighted by molar-refractivity contribution is 0.188. The number of aryl methyl sites for hydroxylation is 1. The Labute approximate surface area is 157 Å². The van der Waals surface area contributed by atoms with E-state index in [1.54, 1.807) is 4.57 Å². The SMILES string of the molecule is Cc1cc2c(c(=O)n1Cc1ccccc1)C=C1COc3ccccc3C1O2. The zero-order chi connectivity index (χ0) is 18.4. The molecule has 0 aliphatic carbocycles. The van der Waals surface area contributed by atoms with Crippen LogP contribution in [0.5, 0.6) is 11.5 Å². The van der Waals surface area contributed by atoms with Crippen LogP contribution in [0.3, 0.4) is 0 Å². The van der Waals surface area contributed by atoms with Gasteiger partial charge in [-0.25, -0.2) is 0 Å². The van der Waals surface area contributed by atoms with Crippen molar-refractivity contribution in [3.8, 4) is 11.5 Å². The van der Waals surface area contributed by atoms with Crippen LogP contribution < -0.4 is 15.0 Å². The van der Waals surface area contributed by atoms with E-state index in [-0.39, 0.29) is 11.7 Å². The first-order chi connectivity index (χ1) is 13.2. The van der Waals surface area contributed by atoms with Gasteiger partial charge < -0.3 is 14.0 Å². The van der Waals surface area contributed by atoms with Crippen LogP contribution in [0.4, 0.5) is 0 Å². The topological polar surface area (TPSA) is 40.5 Å². The molecule has 0 spiro atoms. The van der Waals surface area contributed by atoms with Gasteiger partial charge in [-0.1, -0.05) is 48.5 Å². The molecular weight excluding hydrogens is 338 g/mol. The summed E-state index contributed by atoms with van der Waals surface area (Å²) in [5.74, 6) is 1.49. The van der Waals surface area contributed by atoms with Crippen molar-refractivity contribution < 1.29 is 9.47 Å². The number of fused-ring (bicyclic) bond motifs is 4. The lowest BCUT2D eigenvalue weighted by atomic mass is 9.94. The maximum absolute atomic E-state index is 13.2. The molecule has 2 aliphatic heterocycles. The zero-order valence-electron chi connectivity index (χ0n) is 15.0. The molecule has 0 amide bonds. The minimum Gasteiger partial charge on any atom is -0.489 e. The molecule has 2 aromatic carbocycles. The molecule has 0 bridgehead atoms. The summed E-state index contributed by atoms with van der Waals surface area (Å²) in [6, 6.07) is 19.9. The predicted molar refractivity (Wildman–Crippen MR) is 104 cm³/mol. The highest BCUT2D eigenvalue weighted by Crippen LogP contribution is 2.42. The van der Waals surface area contributed by atoms with E-state index >= 15 is 0 Å². The molecular formula is C23H19NO3. The van der Waals surface area contributed by atoms with Gasteiger partial charge in [0.2, 0.25) is 0 Å². The third-order valence-corrected chi connectivity index (χ3v) is 5.20. The average Bonchev–Trinajstić information content (AvgIpc) is 2.71. The van der Waals surface area contributed by atoms with E-state index in [0.717, 1.165) is 28.1 Å². The smallest absolute Gasteiger partial charge is 0.262 e. The van der Waals surface area contributed by atoms with Crippen molar-refractivity contribution >= 4 is 6.08 Å². The Morgan fingerprint density at radius 1 is 1.04 bits per heavy atom. The highest BCUT2D eigenvalue weighted by Gasteiger charge is 2.32. The minimum atomic E-state index is -0.189. The van der Waals surface area contributed by atoms with Crippen LogP contribution in [-0.2, 0) is 6.54 Å². The fourth-order valence-corrected chi connectivity index (χ4v) is 3.78. The molecule has 1 atom stereocenters. The molecule has 0 radical (unpaired) electrons. The van der Waals surface area contributed by atoms with Crippen molar-refractivity contribution in [1.82, 2.24) is 4.57 Å². The lowest BCUT2D eigenvalue weighted by Gasteiger charge is -2.32. The number of benzene rings is 2. The van der Waals surface area contributed by atoms with Gasteiger partial charge >= 0.3 is 0 Å². The van der Waals surface area contributed by atoms with Crippen LogP contribution in [0, 0.1) is 6.92 Å². The summed E-state index contributed by atoms with van der Waals surface area (Å²) in [6.45, 7) is 2.93. The molecule has 0 saturated heterocycles. The van der Waals surface area contributed by atoms with Crippen molar-refractivity contribution in [2.75, 3.05) is 6.61 Å². The van der Waals surface area contributed by atoms with Crippen molar-refractivity contribution in [3.63, 3.8) is 0 Å². The molecule has 4 nitrogen and oxygen atoms in total. The number of nitrogens with zero attached hydrogens (tertiary/aromatic N) is 1. The molecule has 1 unspecified atom stereocenters. The summed E-state index contributed by atoms with van der Waals surface area (Å²) in [6.07, 6.45) is 1.76. The minimum absolute atomic E-state index is 0.0290. The third kappa shape index (κ3) is 2.65. The Hall–Kier alpha value is -3.27. The lowest BCUT2D eigenvalue weighted by Crippen LogP contribution is -2.30. The van der Waals surface area contributed by atoms with Crippen molar-refractivity contribution in [1.29, 1.82) is 0 Å². The van der Waals surface area contributed by atoms with E-state index in [1.807, 2.05) is 73.7 Å². The molecule has 4 heteroatoms. The van der Waals surface area contributed by atoms with Gasteiger partial charge in [-0.2, -0.15) is 0 Å². The van der Waals surface area contributed by atoms with Crippen LogP contribution in [0.1, 0.15) is 28.5 Å². The molecule has 0 fully saturated rings. The summed E-state index contributed by atoms with van der Waals surface area (Å²) in [5, 5.41) is 0. The standard InChI is InChI=1S/C23H19NO3/c1-15-11-21-19(23(25)24(15)13-16-7-3-2-4-8-16)12-17-14-26-20-10-6-5-9-18(20)22(17)27-21/h2-12,22H,13-14H2,1H3. The monoisotopic (exact) mass is 357 g/mol. The van der Waals surface area contributed by atoms with E-state index in [1.165, 1.54) is 0 Å². The first-order valence-electron chi connectivity index (χ1n) is 9.08. The van der Waals surface area contributed by atoms with Crippen LogP contribution >= 0.6 is 0 Å². The number of rotatable bonds is 2. The van der Waals surface area contributed by atoms with Crippen molar-refractivity contribution in [2.24, 2.45) is 0 Å². The molecule has 27 heavy (non-hydrogen) atoms. The highest BCUT2D eigenvalue weighted by atomic mass is 16.5. The molecule has 2 aliphatic rings. The summed E-state index contributed by atoms with van der Waals surface area (Å²) in [5.41, 5.74) is 4.55. The maximum Gasteiger partial charge on any atom is 0.262 e. The second-order valence-electron chi connectivity index (χ2n) is 6.98. The van der Waals surface area contributed by atoms with Gasteiger partial charge in [-0.05, 0) is 24.6 Å². The fourth-order valence-electron chi connectivity index (χ4n) is 3.78. The van der Waals surface area contributed by atoms with Crippen molar-refractivity contribution in [2.45, 2.75) is 19.6 Å². The number of para-hydroxylation sites is 1. The van der Waals surface area contributed by atoms with E-state index in [4.69, 9.17) is 9.47 Å². The maximum atomic E-state index is 13.2. The highest BCUT2D eigenvalue weighted by molar-refractivity contribution is 5.65. The van der Waals surface area contributed by atoms with E-state index in [9.17, 15) is 4.79 Å². The Kier molecular flexibility index (Phi) is 3.64. The number of hydrogen-bond acceptors (Lipinski definition) is 3.